The third-order valence-corrected chi connectivity index (χ3v) is 2.80. The molecule has 0 aromatic carbocycles. The number of aliphatic hydroxyl groups excluding tert-OH is 1. The molecule has 0 spiro atoms. The van der Waals surface area contributed by atoms with Crippen molar-refractivity contribution >= 4 is 0 Å². The van der Waals surface area contributed by atoms with Gasteiger partial charge in [0.1, 0.15) is 0 Å². The Labute approximate surface area is 99.7 Å². The molecule has 1 atom stereocenters. The molecule has 1 unspecified atom stereocenters. The van der Waals surface area contributed by atoms with Gasteiger partial charge in [0.2, 0.25) is 0 Å². The summed E-state index contributed by atoms with van der Waals surface area (Å²) in [6, 6.07) is 0. The van der Waals surface area contributed by atoms with Crippen LogP contribution in [0, 0.1) is 0 Å². The van der Waals surface area contributed by atoms with Crippen molar-refractivity contribution in [1.29, 1.82) is 0 Å². The summed E-state index contributed by atoms with van der Waals surface area (Å²) in [6.07, 6.45) is 3.26. The molecule has 1 N–H and O–H groups in total. The van der Waals surface area contributed by atoms with Crippen LogP contribution in [0.3, 0.4) is 0 Å². The Balaban J connectivity index is 0. The molecule has 0 bridgehead atoms. The Bertz CT molecular complexity index is 111. The van der Waals surface area contributed by atoms with E-state index in [1.165, 1.54) is 0 Å². The first-order valence-corrected chi connectivity index (χ1v) is 5.66. The number of halogens is 1. The van der Waals surface area contributed by atoms with Crippen LogP contribution in [0.2, 0.25) is 0 Å². The third kappa shape index (κ3) is 4.76. The van der Waals surface area contributed by atoms with E-state index in [1.54, 1.807) is 0 Å². The van der Waals surface area contributed by atoms with Gasteiger partial charge in [-0.25, -0.2) is 0 Å². The zero-order valence-electron chi connectivity index (χ0n) is 10.1. The lowest BCUT2D eigenvalue weighted by atomic mass is 10.2. The Morgan fingerprint density at radius 2 is 1.21 bits per heavy atom. The summed E-state index contributed by atoms with van der Waals surface area (Å²) >= 11 is 0. The molecule has 0 aliphatic rings. The third-order valence-electron chi connectivity index (χ3n) is 2.80. The monoisotopic (exact) mass is 267 g/mol. The molecule has 0 heterocycles. The van der Waals surface area contributed by atoms with E-state index in [1.807, 2.05) is 6.92 Å². The number of quaternary nitrogens is 1. The molecule has 0 saturated carbocycles. The van der Waals surface area contributed by atoms with Gasteiger partial charge in [0.15, 0.2) is 6.23 Å². The fourth-order valence-corrected chi connectivity index (χ4v) is 2.23. The van der Waals surface area contributed by atoms with Gasteiger partial charge in [0, 0.05) is 6.92 Å². The molecule has 2 nitrogen and oxygen atoms in total. The normalized spacial score (nSPS) is 13.5. The van der Waals surface area contributed by atoms with E-state index < -0.39 is 0 Å². The molecule has 0 aromatic heterocycles. The second-order valence-electron chi connectivity index (χ2n) is 4.02. The summed E-state index contributed by atoms with van der Waals surface area (Å²) in [7, 11) is 0. The van der Waals surface area contributed by atoms with E-state index in [4.69, 9.17) is 0 Å². The van der Waals surface area contributed by atoms with Crippen LogP contribution in [0.4, 0.5) is 0 Å². The maximum Gasteiger partial charge on any atom is 0.187 e. The highest BCUT2D eigenvalue weighted by molar-refractivity contribution is 4.44. The van der Waals surface area contributed by atoms with Crippen LogP contribution in [0.25, 0.3) is 0 Å². The second-order valence-corrected chi connectivity index (χ2v) is 4.02. The topological polar surface area (TPSA) is 20.2 Å². The molecular weight excluding hydrogens is 242 g/mol. The summed E-state index contributed by atoms with van der Waals surface area (Å²) in [5.41, 5.74) is 0. The second kappa shape index (κ2) is 8.69. The first kappa shape index (κ1) is 16.8. The van der Waals surface area contributed by atoms with Crippen LogP contribution in [0.5, 0.6) is 0 Å². The lowest BCUT2D eigenvalue weighted by Gasteiger charge is -2.40. The minimum atomic E-state index is -0.208. The number of nitrogens with zero attached hydrogens (tertiary/aromatic N) is 1. The maximum absolute atomic E-state index is 9.83. The van der Waals surface area contributed by atoms with Crippen molar-refractivity contribution in [2.45, 2.75) is 53.2 Å². The fraction of sp³-hybridized carbons (Fsp3) is 1.00. The van der Waals surface area contributed by atoms with Crippen molar-refractivity contribution in [3.05, 3.63) is 0 Å². The van der Waals surface area contributed by atoms with Crippen molar-refractivity contribution in [3.63, 3.8) is 0 Å². The summed E-state index contributed by atoms with van der Waals surface area (Å²) < 4.78 is 0.892. The predicted octanol–water partition coefficient (Wildman–Crippen LogP) is -0.624. The van der Waals surface area contributed by atoms with Gasteiger partial charge in [-0.2, -0.15) is 0 Å². The summed E-state index contributed by atoms with van der Waals surface area (Å²) in [5, 5.41) is 9.83. The first-order valence-electron chi connectivity index (χ1n) is 5.66. The lowest BCUT2D eigenvalue weighted by Crippen LogP contribution is -3.00. The van der Waals surface area contributed by atoms with E-state index in [0.29, 0.717) is 0 Å². The predicted molar refractivity (Wildman–Crippen MR) is 57.4 cm³/mol. The summed E-state index contributed by atoms with van der Waals surface area (Å²) in [4.78, 5) is 0. The van der Waals surface area contributed by atoms with Crippen molar-refractivity contribution < 1.29 is 26.6 Å². The van der Waals surface area contributed by atoms with Gasteiger partial charge in [-0.05, 0) is 19.3 Å². The highest BCUT2D eigenvalue weighted by Gasteiger charge is 2.29. The van der Waals surface area contributed by atoms with Gasteiger partial charge in [-0.15, -0.1) is 0 Å². The van der Waals surface area contributed by atoms with Crippen molar-refractivity contribution in [1.82, 2.24) is 0 Å². The smallest absolute Gasteiger partial charge is 0.187 e. The van der Waals surface area contributed by atoms with E-state index >= 15 is 0 Å². The van der Waals surface area contributed by atoms with Gasteiger partial charge in [0.25, 0.3) is 0 Å². The maximum atomic E-state index is 9.83. The Morgan fingerprint density at radius 3 is 1.36 bits per heavy atom. The fourth-order valence-electron chi connectivity index (χ4n) is 2.23. The molecule has 0 saturated heterocycles. The highest BCUT2D eigenvalue weighted by Crippen LogP contribution is 2.15. The molecule has 14 heavy (non-hydrogen) atoms. The number of aliphatic hydroxyl groups is 1. The molecule has 0 aromatic rings. The van der Waals surface area contributed by atoms with Crippen LogP contribution in [0.1, 0.15) is 47.0 Å². The lowest BCUT2D eigenvalue weighted by molar-refractivity contribution is -0.969. The Hall–Kier alpha value is 0.400. The molecule has 0 amide bonds. The quantitative estimate of drug-likeness (QED) is 0.482. The molecular formula is C11H26BrNO. The molecule has 88 valence electrons. The first-order chi connectivity index (χ1) is 6.13. The molecule has 0 aliphatic heterocycles. The SMILES string of the molecule is CCC[N+](CCC)(CCC)C(C)O.[Br-]. The number of hydrogen-bond donors (Lipinski definition) is 1. The average Bonchev–Trinajstić information content (AvgIpc) is 2.05. The molecule has 0 rings (SSSR count). The van der Waals surface area contributed by atoms with Crippen molar-refractivity contribution in [2.24, 2.45) is 0 Å². The minimum absolute atomic E-state index is 0. The standard InChI is InChI=1S/C11H26NO.BrH/c1-5-8-12(9-6-2,10-7-3)11(4)13;/h11,13H,5-10H2,1-4H3;1H/q+1;/p-1. The molecule has 0 aliphatic carbocycles. The van der Waals surface area contributed by atoms with Crippen LogP contribution in [-0.4, -0.2) is 35.5 Å². The van der Waals surface area contributed by atoms with Crippen LogP contribution in [0.15, 0.2) is 0 Å². The number of rotatable bonds is 7. The average molecular weight is 268 g/mol. The molecule has 0 fully saturated rings. The van der Waals surface area contributed by atoms with E-state index in [0.717, 1.165) is 43.4 Å². The van der Waals surface area contributed by atoms with Crippen LogP contribution >= 0.6 is 0 Å². The summed E-state index contributed by atoms with van der Waals surface area (Å²) in [5.74, 6) is 0. The summed E-state index contributed by atoms with van der Waals surface area (Å²) in [6.45, 7) is 11.8. The highest BCUT2D eigenvalue weighted by atomic mass is 79.9. The molecule has 0 radical (unpaired) electrons. The minimum Gasteiger partial charge on any atom is -1.00 e. The van der Waals surface area contributed by atoms with E-state index in [9.17, 15) is 5.11 Å². The van der Waals surface area contributed by atoms with Gasteiger partial charge < -0.3 is 22.1 Å². The van der Waals surface area contributed by atoms with Crippen LogP contribution in [-0.2, 0) is 0 Å². The van der Waals surface area contributed by atoms with E-state index in [2.05, 4.69) is 20.8 Å². The zero-order valence-corrected chi connectivity index (χ0v) is 11.7. The van der Waals surface area contributed by atoms with Crippen molar-refractivity contribution in [2.75, 3.05) is 19.6 Å². The van der Waals surface area contributed by atoms with Crippen molar-refractivity contribution in [3.8, 4) is 0 Å². The Morgan fingerprint density at radius 1 is 0.929 bits per heavy atom. The van der Waals surface area contributed by atoms with Gasteiger partial charge in [-0.1, -0.05) is 20.8 Å². The van der Waals surface area contributed by atoms with Gasteiger partial charge in [-0.3, -0.25) is 4.48 Å². The Kier molecular flexibility index (Phi) is 10.4. The largest absolute Gasteiger partial charge is 1.00 e. The van der Waals surface area contributed by atoms with Gasteiger partial charge in [0.05, 0.1) is 19.6 Å². The van der Waals surface area contributed by atoms with Crippen LogP contribution < -0.4 is 17.0 Å². The molecule has 3 heteroatoms. The van der Waals surface area contributed by atoms with Gasteiger partial charge >= 0.3 is 0 Å². The zero-order chi connectivity index (χ0) is 10.3. The van der Waals surface area contributed by atoms with E-state index in [-0.39, 0.29) is 23.2 Å². The number of hydrogen-bond acceptors (Lipinski definition) is 1.